The monoisotopic (exact) mass is 472 g/mol. The van der Waals surface area contributed by atoms with Gasteiger partial charge in [0, 0.05) is 34.3 Å². The topological polar surface area (TPSA) is 55.5 Å². The molecule has 0 aliphatic carbocycles. The fourth-order valence-corrected chi connectivity index (χ4v) is 5.51. The Morgan fingerprint density at radius 3 is 2.73 bits per heavy atom. The van der Waals surface area contributed by atoms with Crippen LogP contribution in [0.4, 0.5) is 18.9 Å². The van der Waals surface area contributed by atoms with E-state index < -0.39 is 16.5 Å². The zero-order valence-corrected chi connectivity index (χ0v) is 18.4. The molecule has 33 heavy (non-hydrogen) atoms. The number of halogens is 3. The van der Waals surface area contributed by atoms with Crippen LogP contribution in [0.2, 0.25) is 0 Å². The normalized spacial score (nSPS) is 17.9. The molecular formula is C24H19F3N2O3S. The molecule has 4 heterocycles. The Labute approximate surface area is 190 Å². The van der Waals surface area contributed by atoms with Crippen LogP contribution >= 0.6 is 11.3 Å². The second-order valence-corrected chi connectivity index (χ2v) is 9.45. The second-order valence-electron chi connectivity index (χ2n) is 8.28. The number of anilines is 1. The van der Waals surface area contributed by atoms with Gasteiger partial charge in [-0.3, -0.25) is 9.59 Å². The molecule has 170 valence electrons. The summed E-state index contributed by atoms with van der Waals surface area (Å²) in [6, 6.07) is 13.3. The Morgan fingerprint density at radius 1 is 1.21 bits per heavy atom. The van der Waals surface area contributed by atoms with Crippen LogP contribution in [0.15, 0.2) is 64.0 Å². The maximum Gasteiger partial charge on any atom is 0.425 e. The molecule has 0 bridgehead atoms. The number of amides is 1. The molecule has 1 aliphatic rings. The summed E-state index contributed by atoms with van der Waals surface area (Å²) in [5.74, 6) is 0. The lowest BCUT2D eigenvalue weighted by molar-refractivity contribution is -0.134. The summed E-state index contributed by atoms with van der Waals surface area (Å²) in [5.41, 5.74) is 1.98. The standard InChI is InChI=1S/C24H19F3N2O3S/c1-23(9-10-29-20(23)12-19-16(22(29)31)8-11-32-19)17-4-2-3-5-18(17)28(14-30)13-15-6-7-21(33-15)24(25,26)27/h2-8,11-12,14H,9-10,13H2,1H3. The lowest BCUT2D eigenvalue weighted by atomic mass is 9.77. The first-order valence-electron chi connectivity index (χ1n) is 10.3. The van der Waals surface area contributed by atoms with Gasteiger partial charge in [0.15, 0.2) is 0 Å². The first-order valence-corrected chi connectivity index (χ1v) is 11.1. The number of aromatic nitrogens is 1. The molecule has 5 nitrogen and oxygen atoms in total. The number of rotatable bonds is 5. The highest BCUT2D eigenvalue weighted by molar-refractivity contribution is 7.12. The first kappa shape index (κ1) is 21.5. The van der Waals surface area contributed by atoms with Gasteiger partial charge in [0.05, 0.1) is 18.2 Å². The van der Waals surface area contributed by atoms with Gasteiger partial charge < -0.3 is 13.9 Å². The zero-order valence-electron chi connectivity index (χ0n) is 17.6. The van der Waals surface area contributed by atoms with Crippen molar-refractivity contribution in [3.8, 4) is 0 Å². The van der Waals surface area contributed by atoms with Crippen molar-refractivity contribution in [3.05, 3.63) is 86.2 Å². The van der Waals surface area contributed by atoms with Gasteiger partial charge in [-0.2, -0.15) is 13.2 Å². The van der Waals surface area contributed by atoms with Crippen LogP contribution in [-0.2, 0) is 29.5 Å². The van der Waals surface area contributed by atoms with Gasteiger partial charge >= 0.3 is 6.18 Å². The Hall–Kier alpha value is -3.33. The quantitative estimate of drug-likeness (QED) is 0.358. The summed E-state index contributed by atoms with van der Waals surface area (Å²) < 4.78 is 46.3. The number of para-hydroxylation sites is 1. The van der Waals surface area contributed by atoms with Crippen molar-refractivity contribution in [3.63, 3.8) is 0 Å². The average Bonchev–Trinajstić information content (AvgIpc) is 3.52. The Balaban J connectivity index is 1.57. The molecule has 1 unspecified atom stereocenters. The number of hydrogen-bond acceptors (Lipinski definition) is 4. The summed E-state index contributed by atoms with van der Waals surface area (Å²) >= 11 is 0.625. The number of benzene rings is 1. The molecule has 0 saturated carbocycles. The van der Waals surface area contributed by atoms with E-state index in [4.69, 9.17) is 4.42 Å². The fraction of sp³-hybridized carbons (Fsp3) is 0.250. The van der Waals surface area contributed by atoms with Gasteiger partial charge in [0.2, 0.25) is 6.41 Å². The highest BCUT2D eigenvalue weighted by atomic mass is 32.1. The van der Waals surface area contributed by atoms with Crippen LogP contribution in [0, 0.1) is 0 Å². The number of carbonyl (C=O) groups is 1. The fourth-order valence-electron chi connectivity index (χ4n) is 4.63. The average molecular weight is 472 g/mol. The smallest absolute Gasteiger partial charge is 0.425 e. The number of fused-ring (bicyclic) bond motifs is 2. The largest absolute Gasteiger partial charge is 0.464 e. The number of thiophene rings is 1. The highest BCUT2D eigenvalue weighted by Crippen LogP contribution is 2.45. The van der Waals surface area contributed by atoms with Crippen LogP contribution in [0.3, 0.4) is 0 Å². The Kier molecular flexibility index (Phi) is 4.97. The molecule has 9 heteroatoms. The van der Waals surface area contributed by atoms with E-state index in [1.807, 2.05) is 25.1 Å². The van der Waals surface area contributed by atoms with E-state index in [1.165, 1.54) is 17.2 Å². The van der Waals surface area contributed by atoms with Gasteiger partial charge in [-0.05, 0) is 43.2 Å². The van der Waals surface area contributed by atoms with E-state index in [0.717, 1.165) is 17.3 Å². The number of nitrogens with zero attached hydrogens (tertiary/aromatic N) is 2. The Morgan fingerprint density at radius 2 is 2.00 bits per heavy atom. The molecule has 5 rings (SSSR count). The van der Waals surface area contributed by atoms with Gasteiger partial charge in [-0.15, -0.1) is 11.3 Å². The van der Waals surface area contributed by atoms with E-state index in [9.17, 15) is 22.8 Å². The molecule has 1 amide bonds. The van der Waals surface area contributed by atoms with Crippen molar-refractivity contribution in [2.24, 2.45) is 0 Å². The number of pyridine rings is 1. The zero-order chi connectivity index (χ0) is 23.4. The van der Waals surface area contributed by atoms with Crippen LogP contribution in [0.25, 0.3) is 11.0 Å². The second kappa shape index (κ2) is 7.62. The lowest BCUT2D eigenvalue weighted by Crippen LogP contribution is -2.29. The number of furan rings is 1. The molecular weight excluding hydrogens is 453 g/mol. The molecule has 4 aromatic rings. The summed E-state index contributed by atoms with van der Waals surface area (Å²) in [7, 11) is 0. The van der Waals surface area contributed by atoms with Crippen molar-refractivity contribution in [2.75, 3.05) is 4.90 Å². The summed E-state index contributed by atoms with van der Waals surface area (Å²) in [4.78, 5) is 26.2. The molecule has 1 aliphatic heterocycles. The van der Waals surface area contributed by atoms with Crippen molar-refractivity contribution in [2.45, 2.75) is 38.0 Å². The van der Waals surface area contributed by atoms with Crippen molar-refractivity contribution in [1.29, 1.82) is 0 Å². The van der Waals surface area contributed by atoms with Gasteiger partial charge in [0.1, 0.15) is 10.5 Å². The number of carbonyl (C=O) groups excluding carboxylic acids is 1. The van der Waals surface area contributed by atoms with Crippen LogP contribution in [0.5, 0.6) is 0 Å². The third kappa shape index (κ3) is 3.47. The molecule has 1 aromatic carbocycles. The van der Waals surface area contributed by atoms with E-state index in [0.29, 0.717) is 52.2 Å². The molecule has 0 spiro atoms. The predicted molar refractivity (Wildman–Crippen MR) is 120 cm³/mol. The maximum atomic E-state index is 13.0. The SMILES string of the molecule is CC1(c2ccccc2N(C=O)Cc2ccc(C(F)(F)F)s2)CCn2c1cc1occc1c2=O. The molecule has 0 N–H and O–H groups in total. The van der Waals surface area contributed by atoms with Gasteiger partial charge in [-0.25, -0.2) is 0 Å². The van der Waals surface area contributed by atoms with Crippen LogP contribution in [0.1, 0.15) is 34.4 Å². The minimum Gasteiger partial charge on any atom is -0.464 e. The van der Waals surface area contributed by atoms with Crippen molar-refractivity contribution in [1.82, 2.24) is 4.57 Å². The number of hydrogen-bond donors (Lipinski definition) is 0. The first-order chi connectivity index (χ1) is 15.7. The summed E-state index contributed by atoms with van der Waals surface area (Å²) in [5, 5.41) is 0.518. The lowest BCUT2D eigenvalue weighted by Gasteiger charge is -2.30. The van der Waals surface area contributed by atoms with Crippen molar-refractivity contribution < 1.29 is 22.4 Å². The Bertz CT molecular complexity index is 1420. The van der Waals surface area contributed by atoms with Gasteiger partial charge in [0.25, 0.3) is 5.56 Å². The summed E-state index contributed by atoms with van der Waals surface area (Å²) in [6.07, 6.45) is -1.67. The molecule has 1 atom stereocenters. The molecule has 0 fully saturated rings. The third-order valence-corrected chi connectivity index (χ3v) is 7.45. The molecule has 3 aromatic heterocycles. The van der Waals surface area contributed by atoms with Crippen molar-refractivity contribution >= 4 is 34.4 Å². The minimum atomic E-state index is -4.42. The third-order valence-electron chi connectivity index (χ3n) is 6.33. The number of alkyl halides is 3. The van der Waals surface area contributed by atoms with E-state index in [-0.39, 0.29) is 12.1 Å². The maximum absolute atomic E-state index is 13.0. The van der Waals surface area contributed by atoms with Gasteiger partial charge in [-0.1, -0.05) is 18.2 Å². The van der Waals surface area contributed by atoms with E-state index >= 15 is 0 Å². The predicted octanol–water partition coefficient (Wildman–Crippen LogP) is 5.55. The minimum absolute atomic E-state index is 0.0152. The van der Waals surface area contributed by atoms with Crippen LogP contribution in [-0.4, -0.2) is 11.0 Å². The molecule has 0 saturated heterocycles. The van der Waals surface area contributed by atoms with E-state index in [2.05, 4.69) is 0 Å². The highest BCUT2D eigenvalue weighted by Gasteiger charge is 2.40. The van der Waals surface area contributed by atoms with Crippen LogP contribution < -0.4 is 10.5 Å². The summed E-state index contributed by atoms with van der Waals surface area (Å²) in [6.45, 7) is 2.54. The van der Waals surface area contributed by atoms with E-state index in [1.54, 1.807) is 22.8 Å². The molecule has 0 radical (unpaired) electrons.